The predicted molar refractivity (Wildman–Crippen MR) is 93.1 cm³/mol. The number of nitro benzene ring substituents is 2. The largest absolute Gasteiger partial charge is 0.298 e. The number of nitro groups is 2. The van der Waals surface area contributed by atoms with Gasteiger partial charge in [0.05, 0.1) is 15.9 Å². The van der Waals surface area contributed by atoms with Crippen molar-refractivity contribution in [3.8, 4) is 0 Å². The van der Waals surface area contributed by atoms with Crippen molar-refractivity contribution in [1.82, 2.24) is 0 Å². The van der Waals surface area contributed by atoms with E-state index < -0.39 is 9.85 Å². The van der Waals surface area contributed by atoms with E-state index in [-0.39, 0.29) is 17.3 Å². The van der Waals surface area contributed by atoms with Crippen LogP contribution in [0.3, 0.4) is 0 Å². The van der Waals surface area contributed by atoms with E-state index in [4.69, 9.17) is 0 Å². The Morgan fingerprint density at radius 1 is 1.08 bits per heavy atom. The van der Waals surface area contributed by atoms with Gasteiger partial charge in [-0.2, -0.15) is 0 Å². The highest BCUT2D eigenvalue weighted by Crippen LogP contribution is 2.27. The van der Waals surface area contributed by atoms with Gasteiger partial charge in [0.2, 0.25) is 0 Å². The number of hydrogen-bond donors (Lipinski definition) is 0. The van der Waals surface area contributed by atoms with Gasteiger partial charge in [-0.3, -0.25) is 25.0 Å². The molecule has 0 amide bonds. The maximum atomic E-state index is 11.3. The highest BCUT2D eigenvalue weighted by atomic mass is 16.6. The lowest BCUT2D eigenvalue weighted by Gasteiger charge is -2.09. The molecule has 0 fully saturated rings. The monoisotopic (exact) mass is 340 g/mol. The first kappa shape index (κ1) is 18.0. The summed E-state index contributed by atoms with van der Waals surface area (Å²) in [5.41, 5.74) is 1.04. The second-order valence-electron chi connectivity index (χ2n) is 5.61. The van der Waals surface area contributed by atoms with Crippen LogP contribution in [-0.4, -0.2) is 16.1 Å². The van der Waals surface area contributed by atoms with Crippen LogP contribution >= 0.6 is 0 Å². The van der Waals surface area contributed by atoms with Gasteiger partial charge in [0, 0.05) is 17.2 Å². The van der Waals surface area contributed by atoms with Crippen LogP contribution in [0.4, 0.5) is 11.4 Å². The number of benzene rings is 2. The number of carbonyl (C=O) groups excluding carboxylic acids is 1. The zero-order valence-electron chi connectivity index (χ0n) is 13.5. The summed E-state index contributed by atoms with van der Waals surface area (Å²) in [5.74, 6) is -0.166. The van der Waals surface area contributed by atoms with E-state index >= 15 is 0 Å². The average Bonchev–Trinajstić information content (AvgIpc) is 2.60. The van der Waals surface area contributed by atoms with Gasteiger partial charge in [0.1, 0.15) is 6.29 Å². The Morgan fingerprint density at radius 3 is 2.32 bits per heavy atom. The van der Waals surface area contributed by atoms with Crippen LogP contribution < -0.4 is 0 Å². The van der Waals surface area contributed by atoms with Crippen molar-refractivity contribution < 1.29 is 14.6 Å². The molecule has 0 heterocycles. The van der Waals surface area contributed by atoms with E-state index in [1.54, 1.807) is 18.2 Å². The highest BCUT2D eigenvalue weighted by Gasteiger charge is 2.20. The summed E-state index contributed by atoms with van der Waals surface area (Å²) < 4.78 is 0. The van der Waals surface area contributed by atoms with Gasteiger partial charge < -0.3 is 0 Å². The first-order valence-corrected chi connectivity index (χ1v) is 7.56. The Hall–Kier alpha value is -3.35. The maximum absolute atomic E-state index is 11.3. The van der Waals surface area contributed by atoms with Gasteiger partial charge in [-0.15, -0.1) is 0 Å². The molecule has 7 heteroatoms. The minimum Gasteiger partial charge on any atom is -0.298 e. The fourth-order valence-electron chi connectivity index (χ4n) is 2.55. The zero-order chi connectivity index (χ0) is 18.4. The first-order valence-electron chi connectivity index (χ1n) is 7.56. The molecule has 2 aromatic carbocycles. The van der Waals surface area contributed by atoms with Crippen molar-refractivity contribution in [1.29, 1.82) is 0 Å². The number of carbonyl (C=O) groups is 1. The summed E-state index contributed by atoms with van der Waals surface area (Å²) in [5, 5.41) is 22.0. The van der Waals surface area contributed by atoms with Crippen molar-refractivity contribution >= 4 is 23.2 Å². The van der Waals surface area contributed by atoms with Gasteiger partial charge in [-0.1, -0.05) is 43.3 Å². The molecule has 0 aliphatic heterocycles. The molecule has 7 nitrogen and oxygen atoms in total. The number of non-ortho nitro benzene ring substituents is 1. The SMILES string of the molecule is C[C@@H](/C=C(/C=O)c1ccccc1)Cc1ccc([N+](=O)[O-])cc1[N+](=O)[O-]. The Bertz CT molecular complexity index is 831. The summed E-state index contributed by atoms with van der Waals surface area (Å²) in [6.07, 6.45) is 2.78. The van der Waals surface area contributed by atoms with Crippen molar-refractivity contribution in [3.63, 3.8) is 0 Å². The predicted octanol–water partition coefficient (Wildman–Crippen LogP) is 3.96. The minimum absolute atomic E-state index is 0.166. The van der Waals surface area contributed by atoms with Gasteiger partial charge in [0.15, 0.2) is 0 Å². The van der Waals surface area contributed by atoms with Crippen LogP contribution in [0.5, 0.6) is 0 Å². The van der Waals surface area contributed by atoms with Gasteiger partial charge in [-0.05, 0) is 24.0 Å². The number of nitrogens with zero attached hydrogens (tertiary/aromatic N) is 2. The molecule has 0 saturated heterocycles. The fraction of sp³-hybridized carbons (Fsp3) is 0.167. The molecule has 1 atom stereocenters. The van der Waals surface area contributed by atoms with Crippen LogP contribution in [0.1, 0.15) is 18.1 Å². The molecule has 2 aromatic rings. The molecule has 0 spiro atoms. The maximum Gasteiger partial charge on any atom is 0.279 e. The van der Waals surface area contributed by atoms with E-state index in [0.717, 1.165) is 17.9 Å². The van der Waals surface area contributed by atoms with Crippen molar-refractivity contribution in [2.45, 2.75) is 13.3 Å². The normalized spacial score (nSPS) is 12.4. The summed E-state index contributed by atoms with van der Waals surface area (Å²) in [6.45, 7) is 1.83. The van der Waals surface area contributed by atoms with Crippen molar-refractivity contribution in [2.75, 3.05) is 0 Å². The third-order valence-corrected chi connectivity index (χ3v) is 3.72. The van der Waals surface area contributed by atoms with Crippen molar-refractivity contribution in [3.05, 3.63) is 86.0 Å². The topological polar surface area (TPSA) is 103 Å². The molecule has 0 aromatic heterocycles. The molecule has 0 radical (unpaired) electrons. The number of allylic oxidation sites excluding steroid dienone is 2. The lowest BCUT2D eigenvalue weighted by Crippen LogP contribution is -2.03. The Kier molecular flexibility index (Phi) is 5.73. The fourth-order valence-corrected chi connectivity index (χ4v) is 2.55. The van der Waals surface area contributed by atoms with E-state index in [1.165, 1.54) is 12.1 Å². The van der Waals surface area contributed by atoms with E-state index in [0.29, 0.717) is 17.6 Å². The molecule has 128 valence electrons. The van der Waals surface area contributed by atoms with E-state index in [1.807, 2.05) is 25.1 Å². The molecular formula is C18H16N2O5. The summed E-state index contributed by atoms with van der Waals surface area (Å²) >= 11 is 0. The van der Waals surface area contributed by atoms with Crippen LogP contribution in [0.25, 0.3) is 5.57 Å². The molecular weight excluding hydrogens is 324 g/mol. The highest BCUT2D eigenvalue weighted by molar-refractivity contribution is 6.06. The molecule has 0 N–H and O–H groups in total. The second-order valence-corrected chi connectivity index (χ2v) is 5.61. The summed E-state index contributed by atoms with van der Waals surface area (Å²) in [7, 11) is 0. The molecule has 0 unspecified atom stereocenters. The number of aldehydes is 1. The van der Waals surface area contributed by atoms with Crippen LogP contribution in [-0.2, 0) is 11.2 Å². The lowest BCUT2D eigenvalue weighted by atomic mass is 9.95. The Morgan fingerprint density at radius 2 is 1.76 bits per heavy atom. The average molecular weight is 340 g/mol. The molecule has 0 aliphatic rings. The standard InChI is InChI=1S/C18H16N2O5/c1-13(10-16(12-21)14-5-3-2-4-6-14)9-15-7-8-17(19(22)23)11-18(15)20(24)25/h2-8,10-13H,9H2,1H3/b16-10-/t13-/m1/s1. The Balaban J connectivity index is 2.29. The lowest BCUT2D eigenvalue weighted by molar-refractivity contribution is -0.394. The molecule has 0 saturated carbocycles. The van der Waals surface area contributed by atoms with Gasteiger partial charge >= 0.3 is 0 Å². The smallest absolute Gasteiger partial charge is 0.279 e. The molecule has 0 bridgehead atoms. The third-order valence-electron chi connectivity index (χ3n) is 3.72. The summed E-state index contributed by atoms with van der Waals surface area (Å²) in [4.78, 5) is 32.0. The van der Waals surface area contributed by atoms with Gasteiger partial charge in [-0.25, -0.2) is 0 Å². The minimum atomic E-state index is -0.667. The Labute approximate surface area is 143 Å². The van der Waals surface area contributed by atoms with Crippen molar-refractivity contribution in [2.24, 2.45) is 5.92 Å². The molecule has 25 heavy (non-hydrogen) atoms. The number of rotatable bonds is 7. The summed E-state index contributed by atoms with van der Waals surface area (Å²) in [6, 6.07) is 12.7. The van der Waals surface area contributed by atoms with E-state index in [9.17, 15) is 25.0 Å². The van der Waals surface area contributed by atoms with Crippen LogP contribution in [0.2, 0.25) is 0 Å². The second kappa shape index (κ2) is 7.96. The molecule has 0 aliphatic carbocycles. The van der Waals surface area contributed by atoms with Crippen LogP contribution in [0.15, 0.2) is 54.6 Å². The van der Waals surface area contributed by atoms with E-state index in [2.05, 4.69) is 0 Å². The van der Waals surface area contributed by atoms with Gasteiger partial charge in [0.25, 0.3) is 11.4 Å². The third kappa shape index (κ3) is 4.57. The number of hydrogen-bond acceptors (Lipinski definition) is 5. The zero-order valence-corrected chi connectivity index (χ0v) is 13.5. The van der Waals surface area contributed by atoms with Crippen LogP contribution in [0, 0.1) is 26.1 Å². The first-order chi connectivity index (χ1) is 11.9. The molecule has 2 rings (SSSR count). The quantitative estimate of drug-likeness (QED) is 0.328.